The molecule has 9 nitrogen and oxygen atoms in total. The number of aliphatic imine (C=N–C) groups is 1. The number of nitriles is 1. The van der Waals surface area contributed by atoms with E-state index in [-0.39, 0.29) is 40.3 Å². The first kappa shape index (κ1) is 28.8. The molecule has 202 valence electrons. The molecule has 1 heterocycles. The fourth-order valence-electron chi connectivity index (χ4n) is 4.02. The van der Waals surface area contributed by atoms with Crippen LogP contribution in [0.5, 0.6) is 0 Å². The van der Waals surface area contributed by atoms with Crippen molar-refractivity contribution in [3.8, 4) is 6.07 Å². The van der Waals surface area contributed by atoms with Crippen LogP contribution in [0.1, 0.15) is 56.5 Å². The van der Waals surface area contributed by atoms with Crippen LogP contribution in [0, 0.1) is 17.2 Å². The van der Waals surface area contributed by atoms with Crippen LogP contribution in [0.4, 0.5) is 23.7 Å². The number of hydrogen-bond donors (Lipinski definition) is 1. The SMILES string of the molecule is CC(C)(C)OC(=O)NC(c1ccc(C#N)cc1S(C)(=O)=O)C1C(=O)CCC1=Nc1ccnc(C(F)(F)F)c1. The van der Waals surface area contributed by atoms with Gasteiger partial charge in [0, 0.05) is 24.6 Å². The van der Waals surface area contributed by atoms with Gasteiger partial charge < -0.3 is 10.1 Å². The van der Waals surface area contributed by atoms with E-state index in [1.54, 1.807) is 20.8 Å². The Kier molecular flexibility index (Phi) is 7.97. The lowest BCUT2D eigenvalue weighted by molar-refractivity contribution is -0.141. The lowest BCUT2D eigenvalue weighted by atomic mass is 9.89. The van der Waals surface area contributed by atoms with Gasteiger partial charge in [0.1, 0.15) is 17.1 Å². The van der Waals surface area contributed by atoms with Crippen molar-refractivity contribution < 1.29 is 35.9 Å². The number of alkyl halides is 3. The molecule has 38 heavy (non-hydrogen) atoms. The summed E-state index contributed by atoms with van der Waals surface area (Å²) in [5.74, 6) is -1.61. The molecule has 0 aliphatic heterocycles. The third kappa shape index (κ3) is 6.95. The fraction of sp³-hybridized carbons (Fsp3) is 0.400. The fourth-order valence-corrected chi connectivity index (χ4v) is 4.98. The van der Waals surface area contributed by atoms with E-state index in [0.29, 0.717) is 0 Å². The molecule has 2 aromatic rings. The molecular weight excluding hydrogens is 525 g/mol. The van der Waals surface area contributed by atoms with Crippen molar-refractivity contribution in [2.24, 2.45) is 10.9 Å². The molecule has 1 N–H and O–H groups in total. The molecule has 2 unspecified atom stereocenters. The number of ketones is 1. The predicted molar refractivity (Wildman–Crippen MR) is 130 cm³/mol. The monoisotopic (exact) mass is 550 g/mol. The van der Waals surface area contributed by atoms with Gasteiger partial charge in [-0.2, -0.15) is 18.4 Å². The van der Waals surface area contributed by atoms with Crippen LogP contribution in [0.2, 0.25) is 0 Å². The van der Waals surface area contributed by atoms with Crippen LogP contribution in [0.15, 0.2) is 46.4 Å². The van der Waals surface area contributed by atoms with Crippen LogP contribution >= 0.6 is 0 Å². The first-order valence-corrected chi connectivity index (χ1v) is 13.3. The normalized spacial score (nSPS) is 18.2. The van der Waals surface area contributed by atoms with E-state index in [1.165, 1.54) is 18.2 Å². The summed E-state index contributed by atoms with van der Waals surface area (Å²) in [6.45, 7) is 4.83. The second kappa shape index (κ2) is 10.5. The number of sulfone groups is 1. The van der Waals surface area contributed by atoms with Crippen LogP contribution in [0.3, 0.4) is 0 Å². The standard InChI is InChI=1S/C25H25F3N4O5S/c1-24(2,3)37-23(34)32-22(16-6-5-14(13-29)11-19(16)38(4,35)36)21-17(7-8-18(21)33)31-15-9-10-30-20(12-15)25(26,27)28/h5-6,9-12,21-22H,7-8H2,1-4H3,(H,32,34). The minimum Gasteiger partial charge on any atom is -0.444 e. The van der Waals surface area contributed by atoms with Crippen molar-refractivity contribution in [1.82, 2.24) is 10.3 Å². The Morgan fingerprint density at radius 2 is 1.89 bits per heavy atom. The van der Waals surface area contributed by atoms with E-state index < -0.39 is 51.1 Å². The van der Waals surface area contributed by atoms with Crippen molar-refractivity contribution in [3.05, 3.63) is 53.3 Å². The Morgan fingerprint density at radius 3 is 2.47 bits per heavy atom. The number of Topliss-reactive ketones (excluding diaryl/α,β-unsaturated/α-hetero) is 1. The van der Waals surface area contributed by atoms with Crippen LogP contribution in [-0.4, -0.2) is 42.8 Å². The minimum atomic E-state index is -4.71. The van der Waals surface area contributed by atoms with Gasteiger partial charge >= 0.3 is 12.3 Å². The highest BCUT2D eigenvalue weighted by Crippen LogP contribution is 2.37. The molecule has 1 aromatic heterocycles. The Bertz CT molecular complexity index is 1440. The summed E-state index contributed by atoms with van der Waals surface area (Å²) in [5, 5.41) is 11.8. The molecule has 1 fully saturated rings. The summed E-state index contributed by atoms with van der Waals surface area (Å²) in [5.41, 5.74) is -2.01. The molecule has 0 spiro atoms. The molecule has 3 rings (SSSR count). The van der Waals surface area contributed by atoms with Crippen LogP contribution in [0.25, 0.3) is 0 Å². The summed E-state index contributed by atoms with van der Waals surface area (Å²) in [4.78, 5) is 33.2. The van der Waals surface area contributed by atoms with E-state index in [9.17, 15) is 36.4 Å². The number of amides is 1. The minimum absolute atomic E-state index is 0.0102. The van der Waals surface area contributed by atoms with Gasteiger partial charge in [0.05, 0.1) is 34.2 Å². The number of nitrogens with zero attached hydrogens (tertiary/aromatic N) is 3. The van der Waals surface area contributed by atoms with Gasteiger partial charge in [-0.3, -0.25) is 14.8 Å². The first-order chi connectivity index (χ1) is 17.5. The topological polar surface area (TPSA) is 139 Å². The van der Waals surface area contributed by atoms with Crippen molar-refractivity contribution in [2.45, 2.75) is 56.3 Å². The molecule has 1 aliphatic rings. The van der Waals surface area contributed by atoms with E-state index in [0.717, 1.165) is 24.6 Å². The van der Waals surface area contributed by atoms with Crippen molar-refractivity contribution >= 4 is 33.1 Å². The summed E-state index contributed by atoms with van der Waals surface area (Å²) in [6.07, 6.45) is -3.77. The van der Waals surface area contributed by atoms with E-state index in [1.807, 2.05) is 6.07 Å². The highest BCUT2D eigenvalue weighted by atomic mass is 32.2. The van der Waals surface area contributed by atoms with Gasteiger partial charge in [-0.05, 0) is 57.0 Å². The van der Waals surface area contributed by atoms with E-state index in [4.69, 9.17) is 4.74 Å². The largest absolute Gasteiger partial charge is 0.444 e. The van der Waals surface area contributed by atoms with Gasteiger partial charge in [0.2, 0.25) is 0 Å². The highest BCUT2D eigenvalue weighted by Gasteiger charge is 2.42. The predicted octanol–water partition coefficient (Wildman–Crippen LogP) is 4.69. The Morgan fingerprint density at radius 1 is 1.21 bits per heavy atom. The smallest absolute Gasteiger partial charge is 0.433 e. The number of benzene rings is 1. The van der Waals surface area contributed by atoms with Crippen molar-refractivity contribution in [2.75, 3.05) is 6.26 Å². The zero-order chi connectivity index (χ0) is 28.5. The van der Waals surface area contributed by atoms with Crippen molar-refractivity contribution in [3.63, 3.8) is 0 Å². The third-order valence-electron chi connectivity index (χ3n) is 5.52. The van der Waals surface area contributed by atoms with E-state index in [2.05, 4.69) is 15.3 Å². The quantitative estimate of drug-likeness (QED) is 0.570. The number of halogens is 3. The molecular formula is C25H25F3N4O5S. The zero-order valence-corrected chi connectivity index (χ0v) is 21.8. The number of rotatable bonds is 5. The van der Waals surface area contributed by atoms with Gasteiger partial charge in [-0.1, -0.05) is 6.07 Å². The molecule has 13 heteroatoms. The van der Waals surface area contributed by atoms with Gasteiger partial charge in [-0.15, -0.1) is 0 Å². The number of carbonyl (C=O) groups excluding carboxylic acids is 2. The Balaban J connectivity index is 2.18. The number of carbonyl (C=O) groups is 2. The number of ether oxygens (including phenoxy) is 1. The molecule has 0 bridgehead atoms. The molecule has 2 atom stereocenters. The second-order valence-electron chi connectivity index (χ2n) is 9.70. The highest BCUT2D eigenvalue weighted by molar-refractivity contribution is 7.90. The zero-order valence-electron chi connectivity index (χ0n) is 21.0. The molecule has 1 saturated carbocycles. The summed E-state index contributed by atoms with van der Waals surface area (Å²) >= 11 is 0. The lowest BCUT2D eigenvalue weighted by Crippen LogP contribution is -2.41. The van der Waals surface area contributed by atoms with Gasteiger partial charge in [-0.25, -0.2) is 13.2 Å². The number of nitrogens with one attached hydrogen (secondary N) is 1. The van der Waals surface area contributed by atoms with Crippen LogP contribution < -0.4 is 5.32 Å². The molecule has 1 amide bonds. The van der Waals surface area contributed by atoms with Crippen molar-refractivity contribution in [1.29, 1.82) is 5.26 Å². The Hall–Kier alpha value is -3.79. The maximum atomic E-state index is 13.2. The molecule has 0 saturated heterocycles. The number of hydrogen-bond acceptors (Lipinski definition) is 8. The summed E-state index contributed by atoms with van der Waals surface area (Å²) in [6, 6.07) is 6.29. The average Bonchev–Trinajstić information content (AvgIpc) is 3.14. The Labute approximate surface area is 217 Å². The number of alkyl carbamates (subject to hydrolysis) is 1. The summed E-state index contributed by atoms with van der Waals surface area (Å²) < 4.78 is 70.1. The second-order valence-corrected chi connectivity index (χ2v) is 11.7. The number of pyridine rings is 1. The first-order valence-electron chi connectivity index (χ1n) is 11.4. The van der Waals surface area contributed by atoms with E-state index >= 15 is 0 Å². The molecule has 1 aliphatic carbocycles. The maximum absolute atomic E-state index is 13.2. The van der Waals surface area contributed by atoms with Gasteiger partial charge in [0.25, 0.3) is 0 Å². The maximum Gasteiger partial charge on any atom is 0.433 e. The lowest BCUT2D eigenvalue weighted by Gasteiger charge is -2.28. The third-order valence-corrected chi connectivity index (χ3v) is 6.68. The molecule has 1 aromatic carbocycles. The van der Waals surface area contributed by atoms with Gasteiger partial charge in [0.15, 0.2) is 9.84 Å². The molecule has 0 radical (unpaired) electrons. The van der Waals surface area contributed by atoms with Crippen LogP contribution in [-0.2, 0) is 25.5 Å². The average molecular weight is 551 g/mol. The number of aromatic nitrogens is 1. The summed E-state index contributed by atoms with van der Waals surface area (Å²) in [7, 11) is -3.96.